The third kappa shape index (κ3) is 6.48. The summed E-state index contributed by atoms with van der Waals surface area (Å²) in [6.07, 6.45) is 0. The lowest BCUT2D eigenvalue weighted by Crippen LogP contribution is -2.37. The van der Waals surface area contributed by atoms with Gasteiger partial charge in [-0.25, -0.2) is 4.68 Å². The Morgan fingerprint density at radius 1 is 0.947 bits per heavy atom. The molecule has 38 heavy (non-hydrogen) atoms. The molecule has 7 heteroatoms. The van der Waals surface area contributed by atoms with Crippen molar-refractivity contribution >= 4 is 17.6 Å². The topological polar surface area (TPSA) is 76.5 Å². The zero-order chi connectivity index (χ0) is 27.3. The molecule has 0 saturated carbocycles. The molecule has 0 spiro atoms. The van der Waals surface area contributed by atoms with Crippen LogP contribution in [0.2, 0.25) is 0 Å². The minimum atomic E-state index is -0.314. The Morgan fingerprint density at radius 2 is 1.66 bits per heavy atom. The number of nitrogens with zero attached hydrogens (tertiary/aromatic N) is 3. The number of anilines is 1. The fourth-order valence-electron chi connectivity index (χ4n) is 4.02. The smallest absolute Gasteiger partial charge is 0.254 e. The maximum absolute atomic E-state index is 13.5. The number of methoxy groups -OCH3 is 1. The summed E-state index contributed by atoms with van der Waals surface area (Å²) in [4.78, 5) is 28.5. The van der Waals surface area contributed by atoms with E-state index in [4.69, 9.17) is 9.84 Å². The summed E-state index contributed by atoms with van der Waals surface area (Å²) in [5.74, 6) is 0.560. The number of rotatable bonds is 8. The lowest BCUT2D eigenvalue weighted by molar-refractivity contribution is -0.117. The fraction of sp³-hybridized carbons (Fsp3) is 0.258. The van der Waals surface area contributed by atoms with Crippen molar-refractivity contribution in [3.8, 4) is 11.4 Å². The number of aromatic nitrogens is 2. The maximum Gasteiger partial charge on any atom is 0.254 e. The van der Waals surface area contributed by atoms with Crippen molar-refractivity contribution in [3.63, 3.8) is 0 Å². The molecule has 1 N–H and O–H groups in total. The molecule has 3 aromatic carbocycles. The fourth-order valence-corrected chi connectivity index (χ4v) is 4.02. The molecule has 1 aromatic heterocycles. The van der Waals surface area contributed by atoms with Crippen molar-refractivity contribution in [2.45, 2.75) is 39.7 Å². The Labute approximate surface area is 224 Å². The first-order chi connectivity index (χ1) is 18.1. The molecule has 0 aliphatic heterocycles. The Kier molecular flexibility index (Phi) is 7.96. The van der Waals surface area contributed by atoms with Gasteiger partial charge in [0, 0.05) is 23.6 Å². The summed E-state index contributed by atoms with van der Waals surface area (Å²) < 4.78 is 7.04. The quantitative estimate of drug-likeness (QED) is 0.327. The normalized spacial score (nSPS) is 11.2. The molecule has 0 aliphatic rings. The van der Waals surface area contributed by atoms with Gasteiger partial charge in [-0.05, 0) is 42.8 Å². The summed E-state index contributed by atoms with van der Waals surface area (Å²) in [5, 5.41) is 7.79. The van der Waals surface area contributed by atoms with Crippen molar-refractivity contribution in [3.05, 3.63) is 107 Å². The molecule has 0 aliphatic carbocycles. The van der Waals surface area contributed by atoms with Crippen molar-refractivity contribution in [1.29, 1.82) is 0 Å². The van der Waals surface area contributed by atoms with E-state index in [0.717, 1.165) is 22.5 Å². The first-order valence-electron chi connectivity index (χ1n) is 12.6. The molecular weight excluding hydrogens is 476 g/mol. The second-order valence-corrected chi connectivity index (χ2v) is 10.3. The third-order valence-electron chi connectivity index (χ3n) is 6.18. The van der Waals surface area contributed by atoms with E-state index < -0.39 is 0 Å². The zero-order valence-electron chi connectivity index (χ0n) is 22.6. The third-order valence-corrected chi connectivity index (χ3v) is 6.18. The molecule has 0 bridgehead atoms. The summed E-state index contributed by atoms with van der Waals surface area (Å²) in [7, 11) is 1.56. The number of benzene rings is 3. The van der Waals surface area contributed by atoms with Crippen molar-refractivity contribution < 1.29 is 14.3 Å². The molecule has 0 atom stereocenters. The van der Waals surface area contributed by atoms with Crippen molar-refractivity contribution in [2.24, 2.45) is 0 Å². The Bertz CT molecular complexity index is 1400. The first-order valence-corrected chi connectivity index (χ1v) is 12.6. The van der Waals surface area contributed by atoms with Gasteiger partial charge >= 0.3 is 0 Å². The van der Waals surface area contributed by atoms with E-state index >= 15 is 0 Å². The van der Waals surface area contributed by atoms with Crippen molar-refractivity contribution in [1.82, 2.24) is 14.7 Å². The number of ether oxygens (including phenoxy) is 1. The van der Waals surface area contributed by atoms with Crippen LogP contribution >= 0.6 is 0 Å². The molecule has 0 saturated heterocycles. The van der Waals surface area contributed by atoms with Crippen LogP contribution in [0.4, 0.5) is 5.82 Å². The molecule has 2 amide bonds. The number of carbonyl (C=O) groups excluding carboxylic acids is 2. The Hall–Kier alpha value is -4.39. The van der Waals surface area contributed by atoms with E-state index in [2.05, 4.69) is 26.1 Å². The van der Waals surface area contributed by atoms with E-state index in [-0.39, 0.29) is 30.3 Å². The predicted molar refractivity (Wildman–Crippen MR) is 150 cm³/mol. The van der Waals surface area contributed by atoms with Crippen LogP contribution in [0, 0.1) is 6.92 Å². The van der Waals surface area contributed by atoms with Crippen LogP contribution in [-0.4, -0.2) is 40.1 Å². The molecule has 7 nitrogen and oxygen atoms in total. The number of hydrogen-bond acceptors (Lipinski definition) is 4. The van der Waals surface area contributed by atoms with Gasteiger partial charge in [0.25, 0.3) is 5.91 Å². The summed E-state index contributed by atoms with van der Waals surface area (Å²) in [5.41, 5.74) is 3.99. The van der Waals surface area contributed by atoms with Crippen LogP contribution < -0.4 is 10.1 Å². The van der Waals surface area contributed by atoms with Crippen LogP contribution in [0.3, 0.4) is 0 Å². The SMILES string of the molecule is COc1cccc(C(=O)N(CC(=O)Nc2cc(C(C)(C)C)nn2-c2ccc(C)cc2)Cc2ccccc2)c1. The average Bonchev–Trinajstić information content (AvgIpc) is 3.33. The lowest BCUT2D eigenvalue weighted by atomic mass is 9.92. The van der Waals surface area contributed by atoms with E-state index in [1.54, 1.807) is 36.1 Å². The molecule has 0 unspecified atom stereocenters. The van der Waals surface area contributed by atoms with Gasteiger partial charge in [-0.2, -0.15) is 5.10 Å². The van der Waals surface area contributed by atoms with E-state index in [9.17, 15) is 9.59 Å². The molecule has 4 rings (SSSR count). The van der Waals surface area contributed by atoms with Gasteiger partial charge in [-0.1, -0.05) is 74.9 Å². The molecule has 196 valence electrons. The molecule has 4 aromatic rings. The lowest BCUT2D eigenvalue weighted by Gasteiger charge is -2.23. The zero-order valence-corrected chi connectivity index (χ0v) is 22.6. The summed E-state index contributed by atoms with van der Waals surface area (Å²) in [6, 6.07) is 26.4. The summed E-state index contributed by atoms with van der Waals surface area (Å²) >= 11 is 0. The van der Waals surface area contributed by atoms with Gasteiger partial charge in [0.2, 0.25) is 5.91 Å². The number of carbonyl (C=O) groups is 2. The van der Waals surface area contributed by atoms with Crippen LogP contribution in [0.15, 0.2) is 84.9 Å². The Balaban J connectivity index is 1.62. The highest BCUT2D eigenvalue weighted by atomic mass is 16.5. The van der Waals surface area contributed by atoms with Gasteiger partial charge in [0.05, 0.1) is 18.5 Å². The largest absolute Gasteiger partial charge is 0.497 e. The van der Waals surface area contributed by atoms with Gasteiger partial charge in [0.15, 0.2) is 0 Å². The summed E-state index contributed by atoms with van der Waals surface area (Å²) in [6.45, 7) is 8.42. The number of hydrogen-bond donors (Lipinski definition) is 1. The number of amides is 2. The monoisotopic (exact) mass is 510 g/mol. The van der Waals surface area contributed by atoms with Crippen LogP contribution in [0.1, 0.15) is 48.0 Å². The highest BCUT2D eigenvalue weighted by Gasteiger charge is 2.24. The maximum atomic E-state index is 13.5. The minimum absolute atomic E-state index is 0.130. The van der Waals surface area contributed by atoms with Crippen LogP contribution in [-0.2, 0) is 16.8 Å². The standard InChI is InChI=1S/C31H34N4O3/c1-22-14-16-25(17-15-22)35-28(19-27(33-35)31(2,3)4)32-29(36)21-34(20-23-10-7-6-8-11-23)30(37)24-12-9-13-26(18-24)38-5/h6-19H,20-21H2,1-5H3,(H,32,36). The molecule has 0 radical (unpaired) electrons. The first kappa shape index (κ1) is 26.7. The second-order valence-electron chi connectivity index (χ2n) is 10.3. The van der Waals surface area contributed by atoms with Crippen LogP contribution in [0.5, 0.6) is 5.75 Å². The van der Waals surface area contributed by atoms with E-state index in [1.165, 1.54) is 4.90 Å². The van der Waals surface area contributed by atoms with Gasteiger partial charge in [-0.3, -0.25) is 9.59 Å². The van der Waals surface area contributed by atoms with Crippen LogP contribution in [0.25, 0.3) is 5.69 Å². The number of nitrogens with one attached hydrogen (secondary N) is 1. The number of aryl methyl sites for hydroxylation is 1. The predicted octanol–water partition coefficient (Wildman–Crippen LogP) is 5.77. The Morgan fingerprint density at radius 3 is 2.32 bits per heavy atom. The molecule has 1 heterocycles. The van der Waals surface area contributed by atoms with Gasteiger partial charge in [0.1, 0.15) is 18.1 Å². The van der Waals surface area contributed by atoms with E-state index in [1.807, 2.05) is 67.6 Å². The average molecular weight is 511 g/mol. The molecule has 0 fully saturated rings. The van der Waals surface area contributed by atoms with Gasteiger partial charge in [-0.15, -0.1) is 0 Å². The minimum Gasteiger partial charge on any atom is -0.497 e. The highest BCUT2D eigenvalue weighted by Crippen LogP contribution is 2.26. The molecular formula is C31H34N4O3. The highest BCUT2D eigenvalue weighted by molar-refractivity contribution is 5.99. The van der Waals surface area contributed by atoms with Crippen molar-refractivity contribution in [2.75, 3.05) is 19.0 Å². The van der Waals surface area contributed by atoms with Gasteiger partial charge < -0.3 is 15.0 Å². The second kappa shape index (κ2) is 11.3. The van der Waals surface area contributed by atoms with E-state index in [0.29, 0.717) is 17.1 Å².